The van der Waals surface area contributed by atoms with Crippen LogP contribution in [-0.2, 0) is 4.79 Å². The zero-order valence-corrected chi connectivity index (χ0v) is 12.8. The summed E-state index contributed by atoms with van der Waals surface area (Å²) in [7, 11) is 0. The van der Waals surface area contributed by atoms with Crippen LogP contribution in [-0.4, -0.2) is 5.91 Å². The van der Waals surface area contributed by atoms with Crippen molar-refractivity contribution in [3.8, 4) is 11.3 Å². The fraction of sp³-hybridized carbons (Fsp3) is 0. The average molecular weight is 322 g/mol. The fourth-order valence-electron chi connectivity index (χ4n) is 2.62. The summed E-state index contributed by atoms with van der Waals surface area (Å²) in [6.07, 6.45) is 1.76. The molecular formula is C19H12ClNO2. The van der Waals surface area contributed by atoms with Crippen LogP contribution < -0.4 is 5.32 Å². The van der Waals surface area contributed by atoms with Crippen molar-refractivity contribution in [1.29, 1.82) is 0 Å². The van der Waals surface area contributed by atoms with Gasteiger partial charge in [-0.25, -0.2) is 0 Å². The Bertz CT molecular complexity index is 923. The van der Waals surface area contributed by atoms with Crippen molar-refractivity contribution in [3.05, 3.63) is 77.0 Å². The SMILES string of the molecule is O=C1Nc2ccccc2/C1=C\c1ccc(-c2ccc(Cl)cc2)o1. The summed E-state index contributed by atoms with van der Waals surface area (Å²) in [5.41, 5.74) is 3.27. The largest absolute Gasteiger partial charge is 0.457 e. The number of carbonyl (C=O) groups is 1. The van der Waals surface area contributed by atoms with Crippen LogP contribution in [0.4, 0.5) is 5.69 Å². The number of nitrogens with one attached hydrogen (secondary N) is 1. The van der Waals surface area contributed by atoms with Gasteiger partial charge in [0.25, 0.3) is 5.91 Å². The molecule has 0 saturated carbocycles. The second-order valence-corrected chi connectivity index (χ2v) is 5.70. The summed E-state index contributed by atoms with van der Waals surface area (Å²) in [5.74, 6) is 1.26. The third kappa shape index (κ3) is 2.56. The Morgan fingerprint density at radius 1 is 0.957 bits per heavy atom. The minimum atomic E-state index is -0.115. The molecule has 1 amide bonds. The lowest BCUT2D eigenvalue weighted by molar-refractivity contribution is -0.110. The third-order valence-electron chi connectivity index (χ3n) is 3.75. The van der Waals surface area contributed by atoms with Gasteiger partial charge < -0.3 is 9.73 Å². The predicted octanol–water partition coefficient (Wildman–Crippen LogP) is 5.09. The van der Waals surface area contributed by atoms with Crippen LogP contribution in [0.25, 0.3) is 23.0 Å². The van der Waals surface area contributed by atoms with Gasteiger partial charge in [-0.1, -0.05) is 29.8 Å². The molecule has 0 bridgehead atoms. The zero-order chi connectivity index (χ0) is 15.8. The number of furan rings is 1. The van der Waals surface area contributed by atoms with Gasteiger partial charge in [0.15, 0.2) is 0 Å². The van der Waals surface area contributed by atoms with Crippen LogP contribution in [0.2, 0.25) is 5.02 Å². The van der Waals surface area contributed by atoms with Gasteiger partial charge in [-0.2, -0.15) is 0 Å². The number of carbonyl (C=O) groups excluding carboxylic acids is 1. The maximum Gasteiger partial charge on any atom is 0.256 e. The highest BCUT2D eigenvalue weighted by molar-refractivity contribution is 6.34. The van der Waals surface area contributed by atoms with Crippen molar-refractivity contribution < 1.29 is 9.21 Å². The van der Waals surface area contributed by atoms with Crippen molar-refractivity contribution in [2.24, 2.45) is 0 Å². The van der Waals surface area contributed by atoms with Gasteiger partial charge in [0.05, 0.1) is 5.57 Å². The smallest absolute Gasteiger partial charge is 0.256 e. The molecule has 1 N–H and O–H groups in total. The Morgan fingerprint density at radius 2 is 1.74 bits per heavy atom. The zero-order valence-electron chi connectivity index (χ0n) is 12.0. The molecule has 3 nitrogen and oxygen atoms in total. The highest BCUT2D eigenvalue weighted by Gasteiger charge is 2.23. The second-order valence-electron chi connectivity index (χ2n) is 5.27. The first-order valence-electron chi connectivity index (χ1n) is 7.19. The van der Waals surface area contributed by atoms with Crippen LogP contribution in [0.5, 0.6) is 0 Å². The molecule has 0 atom stereocenters. The lowest BCUT2D eigenvalue weighted by Gasteiger charge is -1.98. The van der Waals surface area contributed by atoms with E-state index in [1.165, 1.54) is 0 Å². The van der Waals surface area contributed by atoms with Crippen LogP contribution in [0, 0.1) is 0 Å². The highest BCUT2D eigenvalue weighted by atomic mass is 35.5. The maximum absolute atomic E-state index is 12.1. The van der Waals surface area contributed by atoms with Crippen molar-refractivity contribution in [2.45, 2.75) is 0 Å². The molecule has 1 aromatic heterocycles. The number of halogens is 1. The minimum absolute atomic E-state index is 0.115. The van der Waals surface area contributed by atoms with Crippen LogP contribution in [0.1, 0.15) is 11.3 Å². The van der Waals surface area contributed by atoms with E-state index in [2.05, 4.69) is 5.32 Å². The van der Waals surface area contributed by atoms with Crippen LogP contribution in [0.3, 0.4) is 0 Å². The first kappa shape index (κ1) is 13.9. The first-order valence-corrected chi connectivity index (χ1v) is 7.57. The van der Waals surface area contributed by atoms with E-state index >= 15 is 0 Å². The highest BCUT2D eigenvalue weighted by Crippen LogP contribution is 2.33. The van der Waals surface area contributed by atoms with E-state index in [1.807, 2.05) is 60.7 Å². The summed E-state index contributed by atoms with van der Waals surface area (Å²) in [6, 6.07) is 18.8. The second kappa shape index (κ2) is 5.45. The van der Waals surface area contributed by atoms with Gasteiger partial charge >= 0.3 is 0 Å². The van der Waals surface area contributed by atoms with Gasteiger partial charge in [0, 0.05) is 21.8 Å². The quantitative estimate of drug-likeness (QED) is 0.668. The average Bonchev–Trinajstić information content (AvgIpc) is 3.14. The number of amides is 1. The van der Waals surface area contributed by atoms with E-state index in [1.54, 1.807) is 6.08 Å². The topological polar surface area (TPSA) is 42.2 Å². The Hall–Kier alpha value is -2.78. The summed E-state index contributed by atoms with van der Waals surface area (Å²) >= 11 is 5.90. The molecule has 1 aliphatic rings. The van der Waals surface area contributed by atoms with Gasteiger partial charge in [-0.3, -0.25) is 4.79 Å². The molecular weight excluding hydrogens is 310 g/mol. The molecule has 0 saturated heterocycles. The fourth-order valence-corrected chi connectivity index (χ4v) is 2.75. The lowest BCUT2D eigenvalue weighted by atomic mass is 10.1. The van der Waals surface area contributed by atoms with Gasteiger partial charge in [0.2, 0.25) is 0 Å². The molecule has 1 aliphatic heterocycles. The molecule has 4 heteroatoms. The van der Waals surface area contributed by atoms with Crippen molar-refractivity contribution >= 4 is 34.8 Å². The molecule has 0 radical (unpaired) electrons. The minimum Gasteiger partial charge on any atom is -0.457 e. The van der Waals surface area contributed by atoms with Crippen LogP contribution in [0.15, 0.2) is 65.1 Å². The van der Waals surface area contributed by atoms with Crippen molar-refractivity contribution in [1.82, 2.24) is 0 Å². The summed E-state index contributed by atoms with van der Waals surface area (Å²) in [6.45, 7) is 0. The molecule has 0 fully saturated rings. The standard InChI is InChI=1S/C19H12ClNO2/c20-13-7-5-12(6-8-13)18-10-9-14(23-18)11-16-15-3-1-2-4-17(15)21-19(16)22/h1-11H,(H,21,22)/b16-11+. The number of para-hydroxylation sites is 1. The Labute approximate surface area is 138 Å². The van der Waals surface area contributed by atoms with Crippen molar-refractivity contribution in [2.75, 3.05) is 5.32 Å². The molecule has 2 heterocycles. The van der Waals surface area contributed by atoms with E-state index in [9.17, 15) is 4.79 Å². The summed E-state index contributed by atoms with van der Waals surface area (Å²) < 4.78 is 5.84. The summed E-state index contributed by atoms with van der Waals surface area (Å²) in [5, 5.41) is 3.53. The molecule has 2 aromatic carbocycles. The monoisotopic (exact) mass is 321 g/mol. The number of anilines is 1. The van der Waals surface area contributed by atoms with E-state index in [0.717, 1.165) is 22.6 Å². The van der Waals surface area contributed by atoms with E-state index in [4.69, 9.17) is 16.0 Å². The van der Waals surface area contributed by atoms with Gasteiger partial charge in [0.1, 0.15) is 11.5 Å². The third-order valence-corrected chi connectivity index (χ3v) is 4.00. The number of benzene rings is 2. The molecule has 4 rings (SSSR count). The van der Waals surface area contributed by atoms with Gasteiger partial charge in [-0.05, 0) is 48.5 Å². The first-order chi connectivity index (χ1) is 11.2. The molecule has 3 aromatic rings. The molecule has 112 valence electrons. The molecule has 0 aliphatic carbocycles. The number of hydrogen-bond donors (Lipinski definition) is 1. The lowest BCUT2D eigenvalue weighted by Crippen LogP contribution is -2.03. The predicted molar refractivity (Wildman–Crippen MR) is 92.1 cm³/mol. The summed E-state index contributed by atoms with van der Waals surface area (Å²) in [4.78, 5) is 12.1. The van der Waals surface area contributed by atoms with Gasteiger partial charge in [-0.15, -0.1) is 0 Å². The van der Waals surface area contributed by atoms with Crippen LogP contribution >= 0.6 is 11.6 Å². The number of fused-ring (bicyclic) bond motifs is 1. The number of hydrogen-bond acceptors (Lipinski definition) is 2. The van der Waals surface area contributed by atoms with E-state index in [0.29, 0.717) is 16.4 Å². The Balaban J connectivity index is 1.70. The maximum atomic E-state index is 12.1. The molecule has 0 spiro atoms. The van der Waals surface area contributed by atoms with Crippen molar-refractivity contribution in [3.63, 3.8) is 0 Å². The number of rotatable bonds is 2. The van der Waals surface area contributed by atoms with E-state index in [-0.39, 0.29) is 5.91 Å². The Kier molecular flexibility index (Phi) is 3.28. The molecule has 23 heavy (non-hydrogen) atoms. The molecule has 0 unspecified atom stereocenters. The van der Waals surface area contributed by atoms with E-state index < -0.39 is 0 Å². The Morgan fingerprint density at radius 3 is 2.57 bits per heavy atom. The normalized spacial score (nSPS) is 14.8.